The zero-order chi connectivity index (χ0) is 23.1. The van der Waals surface area contributed by atoms with E-state index in [4.69, 9.17) is 0 Å². The number of carbonyl (C=O) groups is 3. The molecule has 0 spiro atoms. The van der Waals surface area contributed by atoms with Gasteiger partial charge in [-0.2, -0.15) is 13.2 Å². The first-order valence-electron chi connectivity index (χ1n) is 9.30. The number of pyridine rings is 1. The third-order valence-corrected chi connectivity index (χ3v) is 4.18. The van der Waals surface area contributed by atoms with Crippen molar-refractivity contribution in [2.24, 2.45) is 0 Å². The van der Waals surface area contributed by atoms with Gasteiger partial charge in [0.2, 0.25) is 0 Å². The van der Waals surface area contributed by atoms with E-state index < -0.39 is 30.4 Å². The summed E-state index contributed by atoms with van der Waals surface area (Å²) in [7, 11) is 0. The summed E-state index contributed by atoms with van der Waals surface area (Å²) in [4.78, 5) is 40.9. The molecule has 10 heteroatoms. The second kappa shape index (κ2) is 9.73. The second-order valence-corrected chi connectivity index (χ2v) is 6.57. The van der Waals surface area contributed by atoms with E-state index in [1.165, 1.54) is 48.8 Å². The summed E-state index contributed by atoms with van der Waals surface area (Å²) in [5, 5.41) is 6.93. The molecule has 3 aromatic rings. The highest BCUT2D eigenvalue weighted by Crippen LogP contribution is 2.19. The number of carbonyl (C=O) groups excluding carboxylic acids is 3. The number of alkyl halides is 3. The molecule has 0 unspecified atom stereocenters. The Bertz CT molecular complexity index is 1130. The number of nitrogens with one attached hydrogen (secondary N) is 3. The number of nitrogens with zero attached hydrogens (tertiary/aromatic N) is 1. The average Bonchev–Trinajstić information content (AvgIpc) is 2.78. The molecule has 0 radical (unpaired) electrons. The maximum absolute atomic E-state index is 12.7. The molecule has 1 heterocycles. The molecular formula is C22H17F3N4O3. The molecule has 3 N–H and O–H groups in total. The normalized spacial score (nSPS) is 10.8. The van der Waals surface area contributed by atoms with Gasteiger partial charge >= 0.3 is 6.18 Å². The molecule has 3 amide bonds. The van der Waals surface area contributed by atoms with E-state index in [0.717, 1.165) is 0 Å². The van der Waals surface area contributed by atoms with Gasteiger partial charge in [-0.3, -0.25) is 19.4 Å². The molecule has 32 heavy (non-hydrogen) atoms. The third kappa shape index (κ3) is 6.14. The molecule has 164 valence electrons. The number of anilines is 2. The molecule has 0 saturated heterocycles. The number of benzene rings is 2. The van der Waals surface area contributed by atoms with Crippen molar-refractivity contribution < 1.29 is 27.6 Å². The van der Waals surface area contributed by atoms with Crippen molar-refractivity contribution >= 4 is 29.1 Å². The molecule has 0 fully saturated rings. The van der Waals surface area contributed by atoms with Crippen molar-refractivity contribution in [2.45, 2.75) is 6.18 Å². The zero-order valence-electron chi connectivity index (χ0n) is 16.4. The van der Waals surface area contributed by atoms with Crippen LogP contribution in [0.25, 0.3) is 0 Å². The summed E-state index contributed by atoms with van der Waals surface area (Å²) in [6.07, 6.45) is -1.63. The quantitative estimate of drug-likeness (QED) is 0.540. The minimum atomic E-state index is -4.56. The van der Waals surface area contributed by atoms with Gasteiger partial charge in [0.05, 0.1) is 16.8 Å². The Hall–Kier alpha value is -4.21. The summed E-state index contributed by atoms with van der Waals surface area (Å²) in [5.41, 5.74) is 0.774. The minimum Gasteiger partial charge on any atom is -0.343 e. The maximum Gasteiger partial charge on any atom is 0.405 e. The molecule has 0 aliphatic carbocycles. The predicted molar refractivity (Wildman–Crippen MR) is 111 cm³/mol. The fourth-order valence-electron chi connectivity index (χ4n) is 2.70. The summed E-state index contributed by atoms with van der Waals surface area (Å²) >= 11 is 0. The molecule has 0 bridgehead atoms. The summed E-state index contributed by atoms with van der Waals surface area (Å²) in [5.74, 6) is -2.00. The van der Waals surface area contributed by atoms with Gasteiger partial charge < -0.3 is 16.0 Å². The first-order chi connectivity index (χ1) is 15.2. The second-order valence-electron chi connectivity index (χ2n) is 6.57. The number of para-hydroxylation sites is 1. The van der Waals surface area contributed by atoms with Gasteiger partial charge in [0.25, 0.3) is 17.7 Å². The highest BCUT2D eigenvalue weighted by molar-refractivity contribution is 6.10. The Morgan fingerprint density at radius 1 is 0.812 bits per heavy atom. The van der Waals surface area contributed by atoms with Crippen molar-refractivity contribution in [3.05, 3.63) is 89.7 Å². The van der Waals surface area contributed by atoms with E-state index in [1.54, 1.807) is 29.6 Å². The van der Waals surface area contributed by atoms with Crippen LogP contribution in [0.3, 0.4) is 0 Å². The molecule has 7 nitrogen and oxygen atoms in total. The number of rotatable bonds is 6. The van der Waals surface area contributed by atoms with Crippen LogP contribution in [0.15, 0.2) is 73.1 Å². The van der Waals surface area contributed by atoms with Gasteiger partial charge in [-0.05, 0) is 42.5 Å². The summed E-state index contributed by atoms with van der Waals surface area (Å²) in [6.45, 7) is -1.49. The van der Waals surface area contributed by atoms with Crippen LogP contribution in [0.5, 0.6) is 0 Å². The molecule has 0 aliphatic rings. The SMILES string of the molecule is O=C(Nc1cccc(C(=O)Nc2ccccc2C(=O)NCC(F)(F)F)c1)c1cccnc1. The lowest BCUT2D eigenvalue weighted by Crippen LogP contribution is -2.34. The molecule has 0 atom stereocenters. The van der Waals surface area contributed by atoms with Crippen molar-refractivity contribution in [1.29, 1.82) is 0 Å². The number of aromatic nitrogens is 1. The van der Waals surface area contributed by atoms with Crippen LogP contribution in [0.4, 0.5) is 24.5 Å². The first kappa shape index (κ1) is 22.5. The largest absolute Gasteiger partial charge is 0.405 e. The number of halogens is 3. The van der Waals surface area contributed by atoms with E-state index >= 15 is 0 Å². The Morgan fingerprint density at radius 3 is 2.25 bits per heavy atom. The van der Waals surface area contributed by atoms with Crippen molar-refractivity contribution in [2.75, 3.05) is 17.2 Å². The predicted octanol–water partition coefficient (Wildman–Crippen LogP) is 3.88. The Balaban J connectivity index is 1.72. The lowest BCUT2D eigenvalue weighted by Gasteiger charge is -2.13. The van der Waals surface area contributed by atoms with Crippen LogP contribution < -0.4 is 16.0 Å². The maximum atomic E-state index is 12.7. The molecule has 1 aromatic heterocycles. The van der Waals surface area contributed by atoms with Crippen molar-refractivity contribution in [3.8, 4) is 0 Å². The van der Waals surface area contributed by atoms with Crippen molar-refractivity contribution in [3.63, 3.8) is 0 Å². The molecule has 0 aliphatic heterocycles. The minimum absolute atomic E-state index is 0.0435. The standard InChI is InChI=1S/C22H17F3N4O3/c23-22(24,25)13-27-21(32)17-8-1-2-9-18(17)29-19(30)14-5-3-7-16(11-14)28-20(31)15-6-4-10-26-12-15/h1-12H,13H2,(H,27,32)(H,28,31)(H,29,30). The highest BCUT2D eigenvalue weighted by atomic mass is 19.4. The molecular weight excluding hydrogens is 425 g/mol. The smallest absolute Gasteiger partial charge is 0.343 e. The fourth-order valence-corrected chi connectivity index (χ4v) is 2.70. The Labute approximate surface area is 180 Å². The van der Waals surface area contributed by atoms with Gasteiger partial charge in [-0.1, -0.05) is 18.2 Å². The first-order valence-corrected chi connectivity index (χ1v) is 9.30. The van der Waals surface area contributed by atoms with E-state index in [1.807, 2.05) is 0 Å². The molecule has 0 saturated carbocycles. The van der Waals surface area contributed by atoms with E-state index in [2.05, 4.69) is 15.6 Å². The van der Waals surface area contributed by atoms with Gasteiger partial charge in [0.1, 0.15) is 6.54 Å². The average molecular weight is 442 g/mol. The van der Waals surface area contributed by atoms with Crippen LogP contribution in [-0.2, 0) is 0 Å². The lowest BCUT2D eigenvalue weighted by atomic mass is 10.1. The molecule has 3 rings (SSSR count). The van der Waals surface area contributed by atoms with Crippen LogP contribution in [0, 0.1) is 0 Å². The monoisotopic (exact) mass is 442 g/mol. The van der Waals surface area contributed by atoms with Crippen LogP contribution in [0.2, 0.25) is 0 Å². The zero-order valence-corrected chi connectivity index (χ0v) is 16.4. The highest BCUT2D eigenvalue weighted by Gasteiger charge is 2.28. The van der Waals surface area contributed by atoms with E-state index in [9.17, 15) is 27.6 Å². The van der Waals surface area contributed by atoms with Crippen LogP contribution >= 0.6 is 0 Å². The number of hydrogen-bond acceptors (Lipinski definition) is 4. The number of amides is 3. The topological polar surface area (TPSA) is 100 Å². The van der Waals surface area contributed by atoms with Gasteiger partial charge in [-0.25, -0.2) is 0 Å². The van der Waals surface area contributed by atoms with Gasteiger partial charge in [-0.15, -0.1) is 0 Å². The van der Waals surface area contributed by atoms with Gasteiger partial charge in [0.15, 0.2) is 0 Å². The lowest BCUT2D eigenvalue weighted by molar-refractivity contribution is -0.123. The summed E-state index contributed by atoms with van der Waals surface area (Å²) < 4.78 is 37.1. The summed E-state index contributed by atoms with van der Waals surface area (Å²) in [6, 6.07) is 14.9. The Morgan fingerprint density at radius 2 is 1.53 bits per heavy atom. The van der Waals surface area contributed by atoms with Crippen LogP contribution in [0.1, 0.15) is 31.1 Å². The van der Waals surface area contributed by atoms with E-state index in [-0.39, 0.29) is 16.8 Å². The third-order valence-electron chi connectivity index (χ3n) is 4.18. The van der Waals surface area contributed by atoms with E-state index in [0.29, 0.717) is 11.3 Å². The molecule has 2 aromatic carbocycles. The van der Waals surface area contributed by atoms with Crippen molar-refractivity contribution in [1.82, 2.24) is 10.3 Å². The van der Waals surface area contributed by atoms with Crippen LogP contribution in [-0.4, -0.2) is 35.4 Å². The van der Waals surface area contributed by atoms with Gasteiger partial charge in [0, 0.05) is 23.6 Å². The Kier molecular flexibility index (Phi) is 6.83. The fraction of sp³-hybridized carbons (Fsp3) is 0.0909. The number of hydrogen-bond donors (Lipinski definition) is 3.